The molecule has 0 saturated carbocycles. The van der Waals surface area contributed by atoms with Crippen LogP contribution in [-0.2, 0) is 4.79 Å². The van der Waals surface area contributed by atoms with Crippen LogP contribution in [0.2, 0.25) is 0 Å². The van der Waals surface area contributed by atoms with E-state index in [2.05, 4.69) is 6.07 Å². The lowest BCUT2D eigenvalue weighted by Gasteiger charge is -2.29. The molecule has 0 bridgehead atoms. The quantitative estimate of drug-likeness (QED) is 0.846. The van der Waals surface area contributed by atoms with Gasteiger partial charge in [-0.2, -0.15) is 5.26 Å². The Hall–Kier alpha value is -2.02. The Morgan fingerprint density at radius 2 is 2.40 bits per heavy atom. The lowest BCUT2D eigenvalue weighted by molar-refractivity contribution is -0.133. The molecule has 1 fully saturated rings. The molecule has 106 valence electrons. The zero-order valence-corrected chi connectivity index (χ0v) is 11.8. The van der Waals surface area contributed by atoms with Crippen LogP contribution in [0.4, 0.5) is 0 Å². The maximum Gasteiger partial charge on any atom is 0.226 e. The van der Waals surface area contributed by atoms with Crippen molar-refractivity contribution in [2.75, 3.05) is 19.7 Å². The molecule has 1 heterocycles. The molecule has 0 aromatic heterocycles. The maximum atomic E-state index is 12.1. The van der Waals surface area contributed by atoms with E-state index in [9.17, 15) is 4.79 Å². The summed E-state index contributed by atoms with van der Waals surface area (Å²) in [5, 5.41) is 8.93. The second kappa shape index (κ2) is 6.95. The lowest BCUT2D eigenvalue weighted by atomic mass is 9.99. The Balaban J connectivity index is 1.76. The van der Waals surface area contributed by atoms with Gasteiger partial charge in [-0.25, -0.2) is 0 Å². The van der Waals surface area contributed by atoms with Crippen LogP contribution in [0.25, 0.3) is 0 Å². The van der Waals surface area contributed by atoms with E-state index in [1.807, 2.05) is 31.2 Å². The van der Waals surface area contributed by atoms with Crippen LogP contribution in [0.15, 0.2) is 24.3 Å². The molecule has 2 rings (SSSR count). The average molecular weight is 272 g/mol. The smallest absolute Gasteiger partial charge is 0.226 e. The monoisotopic (exact) mass is 272 g/mol. The van der Waals surface area contributed by atoms with Crippen molar-refractivity contribution in [3.05, 3.63) is 29.8 Å². The first kappa shape index (κ1) is 14.4. The fourth-order valence-corrected chi connectivity index (χ4v) is 2.43. The number of ether oxygens (including phenoxy) is 1. The molecule has 1 atom stereocenters. The van der Waals surface area contributed by atoms with Gasteiger partial charge < -0.3 is 9.64 Å². The summed E-state index contributed by atoms with van der Waals surface area (Å²) >= 11 is 0. The molecule has 4 heteroatoms. The van der Waals surface area contributed by atoms with Crippen molar-refractivity contribution in [3.8, 4) is 11.8 Å². The number of hydrogen-bond acceptors (Lipinski definition) is 3. The molecule has 1 aromatic rings. The summed E-state index contributed by atoms with van der Waals surface area (Å²) in [5.41, 5.74) is 1.14. The zero-order valence-electron chi connectivity index (χ0n) is 11.8. The van der Waals surface area contributed by atoms with Crippen molar-refractivity contribution < 1.29 is 9.53 Å². The van der Waals surface area contributed by atoms with Gasteiger partial charge in [0.25, 0.3) is 0 Å². The Morgan fingerprint density at radius 3 is 3.15 bits per heavy atom. The molecule has 0 aliphatic carbocycles. The summed E-state index contributed by atoms with van der Waals surface area (Å²) in [6.07, 6.45) is 2.19. The Labute approximate surface area is 120 Å². The molecule has 1 aromatic carbocycles. The Bertz CT molecular complexity index is 507. The van der Waals surface area contributed by atoms with Gasteiger partial charge in [0.15, 0.2) is 0 Å². The Kier molecular flexibility index (Phi) is 5.00. The summed E-state index contributed by atoms with van der Waals surface area (Å²) in [6, 6.07) is 10.0. The number of likely N-dealkylation sites (tertiary alicyclic amines) is 1. The summed E-state index contributed by atoms with van der Waals surface area (Å²) < 4.78 is 5.59. The first-order valence-corrected chi connectivity index (χ1v) is 7.06. The third-order valence-electron chi connectivity index (χ3n) is 3.53. The largest absolute Gasteiger partial charge is 0.493 e. The highest BCUT2D eigenvalue weighted by molar-refractivity contribution is 5.76. The van der Waals surface area contributed by atoms with Gasteiger partial charge in [0.1, 0.15) is 5.75 Å². The van der Waals surface area contributed by atoms with Crippen LogP contribution >= 0.6 is 0 Å². The average Bonchev–Trinajstić information content (AvgIpc) is 2.47. The van der Waals surface area contributed by atoms with Crippen LogP contribution in [0.1, 0.15) is 24.8 Å². The topological polar surface area (TPSA) is 53.3 Å². The second-order valence-electron chi connectivity index (χ2n) is 5.22. The van der Waals surface area contributed by atoms with Crippen molar-refractivity contribution in [1.82, 2.24) is 4.90 Å². The number of amides is 1. The van der Waals surface area contributed by atoms with E-state index in [-0.39, 0.29) is 11.8 Å². The van der Waals surface area contributed by atoms with E-state index in [0.717, 1.165) is 30.7 Å². The van der Waals surface area contributed by atoms with Crippen molar-refractivity contribution in [2.24, 2.45) is 5.92 Å². The van der Waals surface area contributed by atoms with E-state index >= 15 is 0 Å². The number of piperidine rings is 1. The first-order valence-electron chi connectivity index (χ1n) is 7.06. The standard InChI is InChI=1S/C16H20N2O2/c1-13-4-2-6-15(10-13)20-9-7-16(19)18-8-3-5-14(11-17)12-18/h2,4,6,10,14H,3,5,7-9,12H2,1H3. The van der Waals surface area contributed by atoms with Crippen LogP contribution in [0.5, 0.6) is 5.75 Å². The van der Waals surface area contributed by atoms with Gasteiger partial charge >= 0.3 is 0 Å². The predicted molar refractivity (Wildman–Crippen MR) is 76.2 cm³/mol. The van der Waals surface area contributed by atoms with Crippen molar-refractivity contribution in [2.45, 2.75) is 26.2 Å². The molecule has 0 N–H and O–H groups in total. The molecule has 1 saturated heterocycles. The summed E-state index contributed by atoms with van der Waals surface area (Å²) in [6.45, 7) is 3.73. The maximum absolute atomic E-state index is 12.1. The van der Waals surface area contributed by atoms with Crippen molar-refractivity contribution in [3.63, 3.8) is 0 Å². The van der Waals surface area contributed by atoms with Gasteiger partial charge in [-0.15, -0.1) is 0 Å². The molecule has 4 nitrogen and oxygen atoms in total. The molecule has 0 radical (unpaired) electrons. The number of hydrogen-bond donors (Lipinski definition) is 0. The van der Waals surface area contributed by atoms with Gasteiger partial charge in [0.05, 0.1) is 25.0 Å². The number of nitriles is 1. The fraction of sp³-hybridized carbons (Fsp3) is 0.500. The number of aryl methyl sites for hydroxylation is 1. The predicted octanol–water partition coefficient (Wildman–Crippen LogP) is 2.53. The number of carbonyl (C=O) groups is 1. The van der Waals surface area contributed by atoms with Crippen LogP contribution < -0.4 is 4.74 Å². The fourth-order valence-electron chi connectivity index (χ4n) is 2.43. The van der Waals surface area contributed by atoms with Gasteiger partial charge in [-0.3, -0.25) is 4.79 Å². The van der Waals surface area contributed by atoms with Gasteiger partial charge in [-0.05, 0) is 37.5 Å². The summed E-state index contributed by atoms with van der Waals surface area (Å²) in [7, 11) is 0. The van der Waals surface area contributed by atoms with Crippen molar-refractivity contribution in [1.29, 1.82) is 5.26 Å². The third-order valence-corrected chi connectivity index (χ3v) is 3.53. The highest BCUT2D eigenvalue weighted by Crippen LogP contribution is 2.17. The van der Waals surface area contributed by atoms with E-state index < -0.39 is 0 Å². The highest BCUT2D eigenvalue weighted by Gasteiger charge is 2.22. The summed E-state index contributed by atoms with van der Waals surface area (Å²) in [5.74, 6) is 0.870. The highest BCUT2D eigenvalue weighted by atomic mass is 16.5. The number of carbonyl (C=O) groups excluding carboxylic acids is 1. The van der Waals surface area contributed by atoms with E-state index in [0.29, 0.717) is 19.6 Å². The van der Waals surface area contributed by atoms with E-state index in [1.54, 1.807) is 4.90 Å². The van der Waals surface area contributed by atoms with E-state index in [1.165, 1.54) is 0 Å². The van der Waals surface area contributed by atoms with E-state index in [4.69, 9.17) is 10.00 Å². The minimum absolute atomic E-state index is 0.00890. The molecular formula is C16H20N2O2. The minimum atomic E-state index is -0.00890. The normalized spacial score (nSPS) is 18.4. The number of rotatable bonds is 4. The van der Waals surface area contributed by atoms with Gasteiger partial charge in [-0.1, -0.05) is 12.1 Å². The molecule has 1 amide bonds. The van der Waals surface area contributed by atoms with Crippen LogP contribution in [-0.4, -0.2) is 30.5 Å². The van der Waals surface area contributed by atoms with Crippen LogP contribution in [0, 0.1) is 24.2 Å². The second-order valence-corrected chi connectivity index (χ2v) is 5.22. The number of benzene rings is 1. The Morgan fingerprint density at radius 1 is 1.55 bits per heavy atom. The molecule has 0 spiro atoms. The van der Waals surface area contributed by atoms with Gasteiger partial charge in [0.2, 0.25) is 5.91 Å². The SMILES string of the molecule is Cc1cccc(OCCC(=O)N2CCCC(C#N)C2)c1. The minimum Gasteiger partial charge on any atom is -0.493 e. The van der Waals surface area contributed by atoms with Gasteiger partial charge in [0, 0.05) is 13.1 Å². The molecule has 1 aliphatic rings. The van der Waals surface area contributed by atoms with Crippen molar-refractivity contribution >= 4 is 5.91 Å². The molecular weight excluding hydrogens is 252 g/mol. The zero-order chi connectivity index (χ0) is 14.4. The number of nitrogens with zero attached hydrogens (tertiary/aromatic N) is 2. The molecule has 1 aliphatic heterocycles. The third kappa shape index (κ3) is 3.99. The molecule has 20 heavy (non-hydrogen) atoms. The first-order chi connectivity index (χ1) is 9.69. The molecule has 1 unspecified atom stereocenters. The lowest BCUT2D eigenvalue weighted by Crippen LogP contribution is -2.40. The summed E-state index contributed by atoms with van der Waals surface area (Å²) in [4.78, 5) is 13.8. The van der Waals surface area contributed by atoms with Crippen LogP contribution in [0.3, 0.4) is 0 Å².